The van der Waals surface area contributed by atoms with Crippen LogP contribution in [0.25, 0.3) is 22.4 Å². The number of carbonyl (C=O) groups is 1. The summed E-state index contributed by atoms with van der Waals surface area (Å²) in [6, 6.07) is 11.0. The van der Waals surface area contributed by atoms with Gasteiger partial charge in [0.1, 0.15) is 17.2 Å². The highest BCUT2D eigenvalue weighted by atomic mass is 19.1. The Labute approximate surface area is 144 Å². The van der Waals surface area contributed by atoms with Crippen molar-refractivity contribution in [3.63, 3.8) is 0 Å². The number of aromatic amines is 1. The lowest BCUT2D eigenvalue weighted by atomic mass is 9.97. The van der Waals surface area contributed by atoms with Gasteiger partial charge in [-0.2, -0.15) is 0 Å². The first kappa shape index (κ1) is 15.8. The van der Waals surface area contributed by atoms with Crippen molar-refractivity contribution in [1.82, 2.24) is 15.3 Å². The third-order valence-corrected chi connectivity index (χ3v) is 4.71. The lowest BCUT2D eigenvalue weighted by Crippen LogP contribution is -2.26. The summed E-state index contributed by atoms with van der Waals surface area (Å²) in [7, 11) is 0. The number of amides is 1. The molecule has 4 N–H and O–H groups in total. The zero-order valence-corrected chi connectivity index (χ0v) is 13.7. The van der Waals surface area contributed by atoms with E-state index in [1.807, 2.05) is 12.1 Å². The molecule has 1 aliphatic rings. The Hall–Kier alpha value is -2.73. The molecule has 4 rings (SSSR count). The van der Waals surface area contributed by atoms with Gasteiger partial charge in [-0.05, 0) is 37.1 Å². The van der Waals surface area contributed by atoms with E-state index in [1.165, 1.54) is 24.5 Å². The first-order chi connectivity index (χ1) is 12.1. The minimum Gasteiger partial charge on any atom is -0.366 e. The van der Waals surface area contributed by atoms with Crippen LogP contribution >= 0.6 is 0 Å². The van der Waals surface area contributed by atoms with Crippen LogP contribution in [0, 0.1) is 5.82 Å². The van der Waals surface area contributed by atoms with Crippen molar-refractivity contribution in [2.45, 2.75) is 25.3 Å². The average molecular weight is 338 g/mol. The smallest absolute Gasteiger partial charge is 0.251 e. The lowest BCUT2D eigenvalue weighted by Gasteiger charge is -2.23. The molecular weight excluding hydrogens is 319 g/mol. The second-order valence-electron chi connectivity index (χ2n) is 6.42. The van der Waals surface area contributed by atoms with Crippen molar-refractivity contribution in [3.05, 3.63) is 53.3 Å². The molecule has 0 saturated carbocycles. The Kier molecular flexibility index (Phi) is 3.97. The van der Waals surface area contributed by atoms with Crippen molar-refractivity contribution in [2.24, 2.45) is 5.73 Å². The number of piperidine rings is 1. The number of benzene rings is 2. The molecule has 0 aliphatic carbocycles. The van der Waals surface area contributed by atoms with Crippen LogP contribution in [0.1, 0.15) is 41.2 Å². The fraction of sp³-hybridized carbons (Fsp3) is 0.263. The fourth-order valence-corrected chi connectivity index (χ4v) is 3.42. The highest BCUT2D eigenvalue weighted by molar-refractivity contribution is 6.04. The number of nitrogens with two attached hydrogens (primary N) is 1. The van der Waals surface area contributed by atoms with Gasteiger partial charge in [0, 0.05) is 11.6 Å². The van der Waals surface area contributed by atoms with Gasteiger partial charge < -0.3 is 16.0 Å². The molecule has 0 radical (unpaired) electrons. The molecule has 0 bridgehead atoms. The lowest BCUT2D eigenvalue weighted by molar-refractivity contribution is 0.100. The normalized spacial score (nSPS) is 17.7. The third-order valence-electron chi connectivity index (χ3n) is 4.71. The highest BCUT2D eigenvalue weighted by Crippen LogP contribution is 2.27. The van der Waals surface area contributed by atoms with Gasteiger partial charge in [0.25, 0.3) is 5.91 Å². The average Bonchev–Trinajstić information content (AvgIpc) is 3.05. The largest absolute Gasteiger partial charge is 0.366 e. The molecule has 1 unspecified atom stereocenters. The number of H-pyrrole nitrogens is 1. The summed E-state index contributed by atoms with van der Waals surface area (Å²) in [5, 5.41) is 3.53. The van der Waals surface area contributed by atoms with E-state index in [2.05, 4.69) is 27.4 Å². The predicted octanol–water partition coefficient (Wildman–Crippen LogP) is 3.28. The van der Waals surface area contributed by atoms with Crippen LogP contribution in [0.4, 0.5) is 4.39 Å². The molecule has 1 fully saturated rings. The molecule has 128 valence electrons. The number of rotatable bonds is 3. The molecule has 1 saturated heterocycles. The summed E-state index contributed by atoms with van der Waals surface area (Å²) in [4.78, 5) is 19.0. The number of hydrogen-bond acceptors (Lipinski definition) is 3. The van der Waals surface area contributed by atoms with E-state index in [0.29, 0.717) is 22.9 Å². The number of nitrogens with one attached hydrogen (secondary N) is 2. The van der Waals surface area contributed by atoms with Gasteiger partial charge in [0.15, 0.2) is 0 Å². The van der Waals surface area contributed by atoms with Gasteiger partial charge in [0.2, 0.25) is 0 Å². The summed E-state index contributed by atoms with van der Waals surface area (Å²) < 4.78 is 13.7. The number of primary amides is 1. The number of aromatic nitrogens is 2. The minimum atomic E-state index is -0.693. The first-order valence-electron chi connectivity index (χ1n) is 8.44. The maximum atomic E-state index is 13.7. The first-order valence-corrected chi connectivity index (χ1v) is 8.44. The third kappa shape index (κ3) is 3.00. The molecule has 1 aliphatic heterocycles. The number of imidazole rings is 1. The zero-order valence-electron chi connectivity index (χ0n) is 13.7. The number of carbonyl (C=O) groups excluding carboxylic acids is 1. The quantitative estimate of drug-likeness (QED) is 0.685. The van der Waals surface area contributed by atoms with Crippen molar-refractivity contribution in [2.75, 3.05) is 6.54 Å². The molecule has 1 amide bonds. The van der Waals surface area contributed by atoms with Crippen molar-refractivity contribution < 1.29 is 9.18 Å². The number of halogens is 1. The molecule has 0 spiro atoms. The summed E-state index contributed by atoms with van der Waals surface area (Å²) in [6.07, 6.45) is 3.61. The molecule has 6 heteroatoms. The summed E-state index contributed by atoms with van der Waals surface area (Å²) >= 11 is 0. The van der Waals surface area contributed by atoms with E-state index in [-0.39, 0.29) is 5.56 Å². The second-order valence-corrected chi connectivity index (χ2v) is 6.42. The highest BCUT2D eigenvalue weighted by Gasteiger charge is 2.16. The van der Waals surface area contributed by atoms with Gasteiger partial charge in [-0.1, -0.05) is 30.7 Å². The van der Waals surface area contributed by atoms with Gasteiger partial charge in [-0.15, -0.1) is 0 Å². The fourth-order valence-electron chi connectivity index (χ4n) is 3.42. The number of hydrogen-bond donors (Lipinski definition) is 3. The Bertz CT molecular complexity index is 926. The molecule has 2 heterocycles. The minimum absolute atomic E-state index is 0.0838. The van der Waals surface area contributed by atoms with E-state index in [4.69, 9.17) is 5.73 Å². The molecule has 1 aromatic heterocycles. The van der Waals surface area contributed by atoms with Crippen molar-refractivity contribution >= 4 is 16.9 Å². The zero-order chi connectivity index (χ0) is 17.4. The second kappa shape index (κ2) is 6.29. The van der Waals surface area contributed by atoms with Crippen LogP contribution in [0.3, 0.4) is 0 Å². The van der Waals surface area contributed by atoms with Crippen LogP contribution in [-0.4, -0.2) is 22.4 Å². The van der Waals surface area contributed by atoms with E-state index < -0.39 is 11.7 Å². The summed E-state index contributed by atoms with van der Waals surface area (Å²) in [5.74, 6) is -0.622. The maximum absolute atomic E-state index is 13.7. The van der Waals surface area contributed by atoms with Crippen LogP contribution in [-0.2, 0) is 0 Å². The number of nitrogens with zero attached hydrogens (tertiary/aromatic N) is 1. The van der Waals surface area contributed by atoms with E-state index in [1.54, 1.807) is 0 Å². The predicted molar refractivity (Wildman–Crippen MR) is 94.6 cm³/mol. The molecule has 5 nitrogen and oxygen atoms in total. The van der Waals surface area contributed by atoms with Crippen LogP contribution in [0.15, 0.2) is 36.4 Å². The molecular formula is C19H19FN4O. The van der Waals surface area contributed by atoms with Crippen molar-refractivity contribution in [3.8, 4) is 11.4 Å². The van der Waals surface area contributed by atoms with Gasteiger partial charge in [-0.25, -0.2) is 9.37 Å². The Morgan fingerprint density at radius 2 is 2.00 bits per heavy atom. The van der Waals surface area contributed by atoms with Crippen LogP contribution in [0.5, 0.6) is 0 Å². The van der Waals surface area contributed by atoms with Crippen LogP contribution < -0.4 is 11.1 Å². The topological polar surface area (TPSA) is 83.8 Å². The molecule has 2 aromatic carbocycles. The Morgan fingerprint density at radius 1 is 1.20 bits per heavy atom. The van der Waals surface area contributed by atoms with Crippen LogP contribution in [0.2, 0.25) is 0 Å². The van der Waals surface area contributed by atoms with Crippen molar-refractivity contribution in [1.29, 1.82) is 0 Å². The molecule has 1 atom stereocenters. The van der Waals surface area contributed by atoms with Gasteiger partial charge in [-0.3, -0.25) is 4.79 Å². The standard InChI is InChI=1S/C19H19FN4O/c20-13-9-14(18(21)25)17-16(10-13)23-19(24-17)12-6-4-11(5-7-12)15-3-1-2-8-22-15/h4-7,9-10,15,22H,1-3,8H2,(H2,21,25)(H,23,24). The van der Waals surface area contributed by atoms with E-state index >= 15 is 0 Å². The van der Waals surface area contributed by atoms with E-state index in [0.717, 1.165) is 24.6 Å². The Balaban J connectivity index is 1.69. The van der Waals surface area contributed by atoms with E-state index in [9.17, 15) is 9.18 Å². The molecule has 25 heavy (non-hydrogen) atoms. The SMILES string of the molecule is NC(=O)c1cc(F)cc2[nH]c(-c3ccc(C4CCCCN4)cc3)nc12. The Morgan fingerprint density at radius 3 is 2.68 bits per heavy atom. The summed E-state index contributed by atoms with van der Waals surface area (Å²) in [6.45, 7) is 1.05. The van der Waals surface area contributed by atoms with Gasteiger partial charge in [0.05, 0.1) is 11.1 Å². The van der Waals surface area contributed by atoms with Gasteiger partial charge >= 0.3 is 0 Å². The monoisotopic (exact) mass is 338 g/mol. The summed E-state index contributed by atoms with van der Waals surface area (Å²) in [5.41, 5.74) is 8.40. The maximum Gasteiger partial charge on any atom is 0.251 e. The number of fused-ring (bicyclic) bond motifs is 1. The molecule has 3 aromatic rings.